The Kier molecular flexibility index (Phi) is 36.3. The number of carbonyl (C=O) groups excluding carboxylic acids is 1. The number of aliphatic carboxylic acids is 4. The number of hydrogen-bond donors (Lipinski definition) is 4. The molecule has 0 aliphatic heterocycles. The number of rotatable bonds is 32. The number of benzene rings is 12. The first kappa shape index (κ1) is 92.8. The molecule has 3 aromatic heterocycles. The first-order chi connectivity index (χ1) is 58.8. The Bertz CT molecular complexity index is 5220. The van der Waals surface area contributed by atoms with Crippen molar-refractivity contribution in [3.05, 3.63) is 475 Å². The number of imidazole rings is 3. The fourth-order valence-electron chi connectivity index (χ4n) is 15.4. The number of allylic oxidation sites excluding steroid dienone is 1. The van der Waals surface area contributed by atoms with E-state index in [-0.39, 0.29) is 50.1 Å². The minimum absolute atomic E-state index is 0. The summed E-state index contributed by atoms with van der Waals surface area (Å²) in [5.74, 6) is -3.00. The Labute approximate surface area is 734 Å². The van der Waals surface area contributed by atoms with Crippen LogP contribution in [0.5, 0.6) is 0 Å². The molecule has 0 unspecified atom stereocenters. The van der Waals surface area contributed by atoms with Gasteiger partial charge in [-0.15, -0.1) is 0 Å². The predicted molar refractivity (Wildman–Crippen MR) is 491 cm³/mol. The number of aromatic nitrogens is 6. The molecule has 0 aliphatic carbocycles. The van der Waals surface area contributed by atoms with Crippen LogP contribution in [0.1, 0.15) is 137 Å². The monoisotopic (exact) mass is 1770 g/mol. The summed E-state index contributed by atoms with van der Waals surface area (Å²) >= 11 is 3.11. The first-order valence-corrected chi connectivity index (χ1v) is 43.1. The third-order valence-corrected chi connectivity index (χ3v) is 25.8. The second-order valence-electron chi connectivity index (χ2n) is 28.4. The minimum Gasteiger partial charge on any atom is -1.00 e. The smallest absolute Gasteiger partial charge is 0.303 e. The molecule has 4 N–H and O–H groups in total. The number of hydrogen-bond acceptors (Lipinski definition) is 8. The molecular weight excluding hydrogens is 1670 g/mol. The standard InChI is InChI=1S/C27H26N2O2.C27H24N2O2.C23H18N2O.C22H21O2P.C4H7BrO2.CH4.BrH/c2*30-26(31)19-11-10-18-25-20-29(21-28-25)27(22-12-4-1-5-13-22,23-14-6-2-7-15-23)24-16-8-3-9-17-24;26-17-22-16-25(18-24-22)23(19-10-4-1-5-11-19,20-12-6-2-7-13-20)21-14-8-3-9-15-21;23-22(24)17-10-18-25(19-11-4-1-5-12-19,20-13-6-2-7-14-20)21-15-8-3-9-16-21;5-3-1-2-4(6)7;;/h1-9,12-17,20-21H,10-11,18-19H2,(H,30,31);1-10,12-18,20-21H,11,19H2,(H,30,31);1-18H;1-9,11-16H,10,17-18H2;1-3H2,(H,6,7);1H4;1H/b;18-10+;;;;;. The van der Waals surface area contributed by atoms with Gasteiger partial charge in [0.25, 0.3) is 0 Å². The summed E-state index contributed by atoms with van der Waals surface area (Å²) in [5, 5.41) is 39.6. The average molecular weight is 1770 g/mol. The fourth-order valence-corrected chi connectivity index (χ4v) is 20.0. The Morgan fingerprint density at radius 3 is 0.852 bits per heavy atom. The third kappa shape index (κ3) is 23.3. The maximum absolute atomic E-state index is 11.3. The van der Waals surface area contributed by atoms with E-state index in [0.29, 0.717) is 25.0 Å². The second kappa shape index (κ2) is 47.7. The van der Waals surface area contributed by atoms with Crippen LogP contribution in [0.15, 0.2) is 408 Å². The lowest BCUT2D eigenvalue weighted by molar-refractivity contribution is -0.138. The van der Waals surface area contributed by atoms with Crippen molar-refractivity contribution < 1.29 is 61.4 Å². The van der Waals surface area contributed by atoms with E-state index in [2.05, 4.69) is 296 Å². The van der Waals surface area contributed by atoms with Crippen molar-refractivity contribution in [2.45, 2.75) is 88.3 Å². The highest BCUT2D eigenvalue weighted by atomic mass is 79.9. The molecule has 122 heavy (non-hydrogen) atoms. The molecule has 3 heterocycles. The normalized spacial score (nSPS) is 11.0. The molecule has 15 aromatic rings. The molecule has 0 amide bonds. The summed E-state index contributed by atoms with van der Waals surface area (Å²) in [7, 11) is -1.87. The third-order valence-electron chi connectivity index (χ3n) is 20.7. The van der Waals surface area contributed by atoms with Gasteiger partial charge in [0.15, 0.2) is 6.29 Å². The van der Waals surface area contributed by atoms with E-state index in [0.717, 1.165) is 98.5 Å². The van der Waals surface area contributed by atoms with Crippen molar-refractivity contribution in [2.24, 2.45) is 0 Å². The molecular formula is C104H101Br2N6O9P. The summed E-state index contributed by atoms with van der Waals surface area (Å²) in [4.78, 5) is 67.3. The molecule has 15 rings (SSSR count). The SMILES string of the molecule is C.O=C(O)CC/C=C/c1cn(C(c2ccccc2)(c2ccccc2)c2ccccc2)cn1.O=C(O)CCCBr.O=C(O)CCCCc1cn(C(c2ccccc2)(c2ccccc2)c2ccccc2)cn1.O=C(O)CCC[P+](c1ccccc1)(c1ccccc1)c1ccccc1.O=Cc1cn(C(c2ccccc2)(c2ccccc2)c2ccccc2)cn1.[Br-]. The van der Waals surface area contributed by atoms with Gasteiger partial charge >= 0.3 is 23.9 Å². The summed E-state index contributed by atoms with van der Waals surface area (Å²) in [6, 6.07) is 125. The van der Waals surface area contributed by atoms with Gasteiger partial charge in [0.05, 0.1) is 36.5 Å². The van der Waals surface area contributed by atoms with Crippen LogP contribution in [0.2, 0.25) is 0 Å². The van der Waals surface area contributed by atoms with Crippen LogP contribution < -0.4 is 32.9 Å². The van der Waals surface area contributed by atoms with Gasteiger partial charge in [0, 0.05) is 49.6 Å². The van der Waals surface area contributed by atoms with Crippen LogP contribution in [-0.4, -0.2) is 90.7 Å². The molecule has 12 aromatic carbocycles. The number of carboxylic acid groups (broad SMARTS) is 4. The first-order valence-electron chi connectivity index (χ1n) is 40.0. The lowest BCUT2D eigenvalue weighted by atomic mass is 9.77. The molecule has 0 saturated heterocycles. The summed E-state index contributed by atoms with van der Waals surface area (Å²) in [5.41, 5.74) is 10.6. The van der Waals surface area contributed by atoms with Crippen molar-refractivity contribution in [2.75, 3.05) is 11.5 Å². The maximum Gasteiger partial charge on any atom is 0.303 e. The van der Waals surface area contributed by atoms with Gasteiger partial charge in [-0.05, 0) is 131 Å². The van der Waals surface area contributed by atoms with Gasteiger partial charge in [-0.25, -0.2) is 15.0 Å². The second-order valence-corrected chi connectivity index (χ2v) is 32.8. The summed E-state index contributed by atoms with van der Waals surface area (Å²) in [6.45, 7) is 0. The zero-order valence-corrected chi connectivity index (χ0v) is 71.1. The number of unbranched alkanes of at least 4 members (excludes halogenated alkanes) is 1. The molecule has 0 aliphatic rings. The minimum atomic E-state index is -1.87. The van der Waals surface area contributed by atoms with E-state index in [1.165, 1.54) is 15.9 Å². The number of halogens is 2. The molecule has 0 fully saturated rings. The zero-order chi connectivity index (χ0) is 84.1. The van der Waals surface area contributed by atoms with Crippen molar-refractivity contribution in [1.82, 2.24) is 28.7 Å². The number of nitrogens with zero attached hydrogens (tertiary/aromatic N) is 6. The van der Waals surface area contributed by atoms with Crippen LogP contribution in [0, 0.1) is 0 Å². The maximum atomic E-state index is 11.3. The van der Waals surface area contributed by atoms with Crippen LogP contribution in [0.3, 0.4) is 0 Å². The molecule has 0 saturated carbocycles. The molecule has 0 bridgehead atoms. The van der Waals surface area contributed by atoms with Crippen molar-refractivity contribution in [1.29, 1.82) is 0 Å². The Morgan fingerprint density at radius 2 is 0.582 bits per heavy atom. The van der Waals surface area contributed by atoms with Crippen LogP contribution in [-0.2, 0) is 42.2 Å². The molecule has 18 heteroatoms. The molecule has 0 atom stereocenters. The van der Waals surface area contributed by atoms with E-state index in [1.807, 2.05) is 145 Å². The topological polar surface area (TPSA) is 220 Å². The van der Waals surface area contributed by atoms with Gasteiger partial charge in [0.1, 0.15) is 45.5 Å². The van der Waals surface area contributed by atoms with Crippen molar-refractivity contribution >= 4 is 75.3 Å². The van der Waals surface area contributed by atoms with Gasteiger partial charge in [-0.1, -0.05) is 357 Å². The number of alkyl halides is 1. The van der Waals surface area contributed by atoms with E-state index in [1.54, 1.807) is 12.5 Å². The zero-order valence-electron chi connectivity index (χ0n) is 67.0. The molecule has 0 radical (unpaired) electrons. The predicted octanol–water partition coefficient (Wildman–Crippen LogP) is 18.4. The quantitative estimate of drug-likeness (QED) is 0.0102. The van der Waals surface area contributed by atoms with Crippen LogP contribution in [0.4, 0.5) is 0 Å². The van der Waals surface area contributed by atoms with Gasteiger partial charge in [-0.3, -0.25) is 24.0 Å². The fraction of sp³-hybridized carbons (Fsp3) is 0.154. The number of carboxylic acids is 4. The lowest BCUT2D eigenvalue weighted by Gasteiger charge is -2.37. The Balaban J connectivity index is 0.000000179. The Hall–Kier alpha value is -13.1. The van der Waals surface area contributed by atoms with Gasteiger partial charge in [0.2, 0.25) is 0 Å². The van der Waals surface area contributed by atoms with Crippen molar-refractivity contribution in [3.63, 3.8) is 0 Å². The molecule has 0 spiro atoms. The van der Waals surface area contributed by atoms with Crippen LogP contribution in [0.25, 0.3) is 6.08 Å². The van der Waals surface area contributed by atoms with Crippen molar-refractivity contribution in [3.8, 4) is 0 Å². The summed E-state index contributed by atoms with van der Waals surface area (Å²) < 4.78 is 6.36. The van der Waals surface area contributed by atoms with E-state index in [9.17, 15) is 24.0 Å². The number of aryl methyl sites for hydroxylation is 1. The Morgan fingerprint density at radius 1 is 0.328 bits per heavy atom. The number of aldehydes is 1. The average Bonchev–Trinajstić information content (AvgIpc) is 1.40. The number of carbonyl (C=O) groups is 5. The summed E-state index contributed by atoms with van der Waals surface area (Å²) in [6.07, 6.45) is 21.7. The highest BCUT2D eigenvalue weighted by molar-refractivity contribution is 9.09. The van der Waals surface area contributed by atoms with E-state index < -0.39 is 47.8 Å². The molecule has 620 valence electrons. The highest BCUT2D eigenvalue weighted by Crippen LogP contribution is 2.56. The van der Waals surface area contributed by atoms with E-state index in [4.69, 9.17) is 25.4 Å². The van der Waals surface area contributed by atoms with Crippen LogP contribution >= 0.6 is 23.2 Å². The molecule has 15 nitrogen and oxygen atoms in total. The van der Waals surface area contributed by atoms with E-state index >= 15 is 0 Å². The van der Waals surface area contributed by atoms with Gasteiger partial charge in [-0.2, -0.15) is 0 Å². The van der Waals surface area contributed by atoms with Gasteiger partial charge < -0.3 is 51.1 Å². The largest absolute Gasteiger partial charge is 1.00 e. The lowest BCUT2D eigenvalue weighted by Crippen LogP contribution is -3.00. The highest BCUT2D eigenvalue weighted by Gasteiger charge is 2.46.